The summed E-state index contributed by atoms with van der Waals surface area (Å²) in [6.07, 6.45) is 0.675. The molecule has 0 aliphatic rings. The molecular weight excluding hydrogens is 442 g/mol. The molecule has 0 bridgehead atoms. The first-order valence-electron chi connectivity index (χ1n) is 12.3. The zero-order chi connectivity index (χ0) is 24.6. The normalized spacial score (nSPS) is 11.4. The van der Waals surface area contributed by atoms with E-state index in [0.29, 0.717) is 24.1 Å². The summed E-state index contributed by atoms with van der Waals surface area (Å²) in [6.45, 7) is 2.34. The average molecular weight is 468 g/mol. The van der Waals surface area contributed by atoms with E-state index in [1.807, 2.05) is 104 Å². The summed E-state index contributed by atoms with van der Waals surface area (Å²) in [5.41, 5.74) is 1.10. The molecule has 3 heteroatoms. The highest BCUT2D eigenvalue weighted by atomic mass is 16.2. The van der Waals surface area contributed by atoms with Crippen molar-refractivity contribution in [2.75, 3.05) is 6.54 Å². The largest absolute Gasteiger partial charge is 0.274 e. The molecule has 2 amide bonds. The Kier molecular flexibility index (Phi) is 5.46. The number of hydrogen-bond donors (Lipinski definition) is 0. The quantitative estimate of drug-likeness (QED) is 0.195. The lowest BCUT2D eigenvalue weighted by molar-refractivity contribution is 0.0619. The Balaban J connectivity index is 1.54. The Hall–Kier alpha value is -4.50. The van der Waals surface area contributed by atoms with Crippen LogP contribution in [0.2, 0.25) is 0 Å². The fraction of sp³-hybridized carbons (Fsp3) is 0.0909. The summed E-state index contributed by atoms with van der Waals surface area (Å²) < 4.78 is 0. The zero-order valence-electron chi connectivity index (χ0n) is 20.1. The van der Waals surface area contributed by atoms with Crippen LogP contribution in [-0.4, -0.2) is 23.3 Å². The van der Waals surface area contributed by atoms with Gasteiger partial charge in [-0.15, -0.1) is 0 Å². The van der Waals surface area contributed by atoms with Crippen molar-refractivity contribution in [3.05, 3.63) is 120 Å². The van der Waals surface area contributed by atoms with E-state index in [9.17, 15) is 9.59 Å². The monoisotopic (exact) mass is 467 g/mol. The fourth-order valence-corrected chi connectivity index (χ4v) is 5.27. The van der Waals surface area contributed by atoms with Gasteiger partial charge in [0, 0.05) is 17.7 Å². The molecule has 6 rings (SSSR count). The van der Waals surface area contributed by atoms with Crippen LogP contribution in [-0.2, 0) is 0 Å². The van der Waals surface area contributed by atoms with Gasteiger partial charge < -0.3 is 0 Å². The second-order valence-electron chi connectivity index (χ2n) is 9.14. The average Bonchev–Trinajstić information content (AvgIpc) is 2.94. The predicted molar refractivity (Wildman–Crippen MR) is 149 cm³/mol. The van der Waals surface area contributed by atoms with Crippen LogP contribution in [0.25, 0.3) is 43.1 Å². The minimum absolute atomic E-state index is 0.263. The summed E-state index contributed by atoms with van der Waals surface area (Å²) in [5, 5.41) is 7.91. The summed E-state index contributed by atoms with van der Waals surface area (Å²) in [6, 6.07) is 35.9. The van der Waals surface area contributed by atoms with Crippen molar-refractivity contribution in [1.82, 2.24) is 4.90 Å². The molecule has 0 unspecified atom stereocenters. The second kappa shape index (κ2) is 8.94. The molecule has 0 aliphatic carbocycles. The number of carbonyl (C=O) groups excluding carboxylic acids is 2. The van der Waals surface area contributed by atoms with Crippen molar-refractivity contribution >= 4 is 54.9 Å². The van der Waals surface area contributed by atoms with E-state index in [2.05, 4.69) is 12.1 Å². The first-order chi connectivity index (χ1) is 17.7. The molecule has 36 heavy (non-hydrogen) atoms. The van der Waals surface area contributed by atoms with Crippen molar-refractivity contribution in [1.29, 1.82) is 0 Å². The molecule has 3 nitrogen and oxygen atoms in total. The Bertz CT molecular complexity index is 1670. The zero-order valence-corrected chi connectivity index (χ0v) is 20.1. The minimum Gasteiger partial charge on any atom is -0.274 e. The molecule has 0 saturated carbocycles. The van der Waals surface area contributed by atoms with Gasteiger partial charge in [0.05, 0.1) is 0 Å². The number of rotatable bonds is 4. The van der Waals surface area contributed by atoms with Crippen LogP contribution in [0, 0.1) is 0 Å². The van der Waals surface area contributed by atoms with Crippen LogP contribution in [0.4, 0.5) is 0 Å². The molecule has 6 aromatic rings. The first-order valence-corrected chi connectivity index (χ1v) is 12.3. The third-order valence-electron chi connectivity index (χ3n) is 6.93. The number of imide groups is 1. The standard InChI is InChI=1S/C33H25NO2/c1-2-19-34(32(35)30-20-22-11-3-5-13-24(22)26-15-7-9-17-28(26)30)33(36)31-21-23-12-4-6-14-25(23)27-16-8-10-18-29(27)31/h3-18,20-21H,2,19H2,1H3. The van der Waals surface area contributed by atoms with E-state index in [0.717, 1.165) is 43.1 Å². The molecule has 0 aliphatic heterocycles. The van der Waals surface area contributed by atoms with Gasteiger partial charge in [0.15, 0.2) is 0 Å². The van der Waals surface area contributed by atoms with Gasteiger partial charge in [-0.25, -0.2) is 0 Å². The Labute approximate surface area is 209 Å². The van der Waals surface area contributed by atoms with E-state index in [4.69, 9.17) is 0 Å². The topological polar surface area (TPSA) is 37.4 Å². The van der Waals surface area contributed by atoms with Crippen molar-refractivity contribution in [2.24, 2.45) is 0 Å². The highest BCUT2D eigenvalue weighted by Gasteiger charge is 2.27. The van der Waals surface area contributed by atoms with E-state index in [1.54, 1.807) is 0 Å². The van der Waals surface area contributed by atoms with E-state index >= 15 is 0 Å². The van der Waals surface area contributed by atoms with E-state index < -0.39 is 0 Å². The van der Waals surface area contributed by atoms with Gasteiger partial charge in [-0.2, -0.15) is 0 Å². The lowest BCUT2D eigenvalue weighted by atomic mass is 9.95. The fourth-order valence-electron chi connectivity index (χ4n) is 5.27. The van der Waals surface area contributed by atoms with Crippen molar-refractivity contribution in [3.8, 4) is 0 Å². The van der Waals surface area contributed by atoms with Crippen molar-refractivity contribution in [2.45, 2.75) is 13.3 Å². The van der Waals surface area contributed by atoms with Gasteiger partial charge >= 0.3 is 0 Å². The Morgan fingerprint density at radius 2 is 0.889 bits per heavy atom. The maximum Gasteiger partial charge on any atom is 0.261 e. The van der Waals surface area contributed by atoms with Crippen LogP contribution in [0.1, 0.15) is 34.1 Å². The Morgan fingerprint density at radius 3 is 1.31 bits per heavy atom. The second-order valence-corrected chi connectivity index (χ2v) is 9.14. The maximum atomic E-state index is 14.1. The van der Waals surface area contributed by atoms with E-state index in [1.165, 1.54) is 4.90 Å². The van der Waals surface area contributed by atoms with Crippen molar-refractivity contribution in [3.63, 3.8) is 0 Å². The number of fused-ring (bicyclic) bond motifs is 6. The molecule has 0 heterocycles. The van der Waals surface area contributed by atoms with Crippen LogP contribution in [0.5, 0.6) is 0 Å². The third-order valence-corrected chi connectivity index (χ3v) is 6.93. The highest BCUT2D eigenvalue weighted by molar-refractivity contribution is 6.24. The number of benzene rings is 6. The molecule has 0 atom stereocenters. The first kappa shape index (κ1) is 22.0. The molecule has 0 spiro atoms. The van der Waals surface area contributed by atoms with Gasteiger partial charge in [0.25, 0.3) is 11.8 Å². The van der Waals surface area contributed by atoms with Crippen LogP contribution in [0.3, 0.4) is 0 Å². The van der Waals surface area contributed by atoms with Gasteiger partial charge in [-0.1, -0.05) is 104 Å². The lowest BCUT2D eigenvalue weighted by Gasteiger charge is -2.23. The maximum absolute atomic E-state index is 14.1. The number of hydrogen-bond acceptors (Lipinski definition) is 2. The lowest BCUT2D eigenvalue weighted by Crippen LogP contribution is -2.37. The smallest absolute Gasteiger partial charge is 0.261 e. The summed E-state index contributed by atoms with van der Waals surface area (Å²) in [5.74, 6) is -0.526. The summed E-state index contributed by atoms with van der Waals surface area (Å²) in [7, 11) is 0. The SMILES string of the molecule is CCCN(C(=O)c1cc2ccccc2c2ccccc12)C(=O)c1cc2ccccc2c2ccccc12. The van der Waals surface area contributed by atoms with Gasteiger partial charge in [-0.05, 0) is 61.6 Å². The molecule has 0 saturated heterocycles. The Morgan fingerprint density at radius 1 is 0.528 bits per heavy atom. The summed E-state index contributed by atoms with van der Waals surface area (Å²) >= 11 is 0. The van der Waals surface area contributed by atoms with Crippen LogP contribution < -0.4 is 0 Å². The van der Waals surface area contributed by atoms with E-state index in [-0.39, 0.29) is 11.8 Å². The summed E-state index contributed by atoms with van der Waals surface area (Å²) in [4.78, 5) is 29.6. The van der Waals surface area contributed by atoms with Crippen LogP contribution >= 0.6 is 0 Å². The number of nitrogens with zero attached hydrogens (tertiary/aromatic N) is 1. The molecule has 0 fully saturated rings. The van der Waals surface area contributed by atoms with Crippen LogP contribution in [0.15, 0.2) is 109 Å². The third kappa shape index (κ3) is 3.52. The molecule has 0 aromatic heterocycles. The molecular formula is C33H25NO2. The van der Waals surface area contributed by atoms with Gasteiger partial charge in [0.1, 0.15) is 0 Å². The van der Waals surface area contributed by atoms with Gasteiger partial charge in [-0.3, -0.25) is 14.5 Å². The minimum atomic E-state index is -0.263. The van der Waals surface area contributed by atoms with Gasteiger partial charge in [0.2, 0.25) is 0 Å². The number of carbonyl (C=O) groups is 2. The molecule has 174 valence electrons. The number of amides is 2. The predicted octanol–water partition coefficient (Wildman–Crippen LogP) is 7.99. The molecule has 6 aromatic carbocycles. The van der Waals surface area contributed by atoms with Crippen molar-refractivity contribution < 1.29 is 9.59 Å². The highest BCUT2D eigenvalue weighted by Crippen LogP contribution is 2.32. The molecule has 0 radical (unpaired) electrons. The molecule has 0 N–H and O–H groups in total.